The van der Waals surface area contributed by atoms with Gasteiger partial charge < -0.3 is 4.90 Å². The number of nitrogens with one attached hydrogen (secondary N) is 1. The molecular formula is C26H29N3O. The van der Waals surface area contributed by atoms with Gasteiger partial charge in [0.1, 0.15) is 0 Å². The summed E-state index contributed by atoms with van der Waals surface area (Å²) >= 11 is 0. The fraction of sp³-hybridized carbons (Fsp3) is 0.308. The van der Waals surface area contributed by atoms with Crippen LogP contribution in [0.3, 0.4) is 0 Å². The minimum atomic E-state index is -0.201. The highest BCUT2D eigenvalue weighted by atomic mass is 16.2. The Kier molecular flexibility index (Phi) is 5.33. The van der Waals surface area contributed by atoms with E-state index < -0.39 is 0 Å². The van der Waals surface area contributed by atoms with E-state index in [1.165, 1.54) is 11.3 Å². The number of hydrogen-bond donors (Lipinski definition) is 1. The van der Waals surface area contributed by atoms with Gasteiger partial charge >= 0.3 is 0 Å². The lowest BCUT2D eigenvalue weighted by Crippen LogP contribution is -2.48. The highest BCUT2D eigenvalue weighted by molar-refractivity contribution is 6.07. The predicted molar refractivity (Wildman–Crippen MR) is 126 cm³/mol. The monoisotopic (exact) mass is 399 g/mol. The van der Waals surface area contributed by atoms with Crippen LogP contribution >= 0.6 is 0 Å². The van der Waals surface area contributed by atoms with Crippen molar-refractivity contribution in [1.82, 2.24) is 5.43 Å². The van der Waals surface area contributed by atoms with E-state index in [0.29, 0.717) is 11.5 Å². The topological polar surface area (TPSA) is 44.7 Å². The molecule has 1 aliphatic heterocycles. The second-order valence-electron chi connectivity index (χ2n) is 8.71. The third-order valence-corrected chi connectivity index (χ3v) is 6.14. The molecule has 1 unspecified atom stereocenters. The van der Waals surface area contributed by atoms with Crippen LogP contribution in [0.2, 0.25) is 0 Å². The molecule has 4 rings (SSSR count). The lowest BCUT2D eigenvalue weighted by molar-refractivity contribution is 0.0957. The molecule has 1 atom stereocenters. The fourth-order valence-electron chi connectivity index (χ4n) is 4.84. The molecule has 0 radical (unpaired) electrons. The highest BCUT2D eigenvalue weighted by Crippen LogP contribution is 2.43. The van der Waals surface area contributed by atoms with E-state index in [2.05, 4.69) is 61.3 Å². The van der Waals surface area contributed by atoms with Crippen LogP contribution in [0.25, 0.3) is 10.8 Å². The minimum absolute atomic E-state index is 0.156. The zero-order valence-corrected chi connectivity index (χ0v) is 18.1. The molecule has 1 amide bonds. The Balaban J connectivity index is 1.54. The summed E-state index contributed by atoms with van der Waals surface area (Å²) in [6.07, 6.45) is 2.85. The van der Waals surface area contributed by atoms with Crippen molar-refractivity contribution in [3.8, 4) is 0 Å². The van der Waals surface area contributed by atoms with Gasteiger partial charge in [-0.15, -0.1) is 0 Å². The molecule has 3 aromatic rings. The van der Waals surface area contributed by atoms with Crippen LogP contribution < -0.4 is 10.3 Å². The van der Waals surface area contributed by atoms with Crippen molar-refractivity contribution in [3.05, 3.63) is 77.4 Å². The summed E-state index contributed by atoms with van der Waals surface area (Å²) in [7, 11) is 0. The van der Waals surface area contributed by atoms with E-state index in [4.69, 9.17) is 0 Å². The molecule has 0 fully saturated rings. The fourth-order valence-corrected chi connectivity index (χ4v) is 4.84. The number of fused-ring (bicyclic) bond motifs is 2. The molecule has 0 saturated heterocycles. The number of benzene rings is 3. The molecule has 4 nitrogen and oxygen atoms in total. The van der Waals surface area contributed by atoms with E-state index in [9.17, 15) is 4.79 Å². The van der Waals surface area contributed by atoms with Gasteiger partial charge in [0.05, 0.1) is 6.21 Å². The highest BCUT2D eigenvalue weighted by Gasteiger charge is 2.35. The number of rotatable bonds is 4. The second kappa shape index (κ2) is 7.94. The number of carbonyl (C=O) groups is 1. The van der Waals surface area contributed by atoms with Gasteiger partial charge in [-0.05, 0) is 73.2 Å². The smallest absolute Gasteiger partial charge is 0.271 e. The number of nitrogens with zero attached hydrogens (tertiary/aromatic N) is 2. The lowest BCUT2D eigenvalue weighted by atomic mass is 9.79. The second-order valence-corrected chi connectivity index (χ2v) is 8.71. The molecule has 1 N–H and O–H groups in total. The quantitative estimate of drug-likeness (QED) is 0.451. The average Bonchev–Trinajstić information content (AvgIpc) is 2.73. The molecule has 0 spiro atoms. The molecule has 4 heteroatoms. The van der Waals surface area contributed by atoms with Crippen LogP contribution in [-0.2, 0) is 0 Å². The van der Waals surface area contributed by atoms with E-state index in [1.807, 2.05) is 42.5 Å². The first-order valence-corrected chi connectivity index (χ1v) is 10.6. The average molecular weight is 400 g/mol. The zero-order chi connectivity index (χ0) is 21.3. The van der Waals surface area contributed by atoms with E-state index in [-0.39, 0.29) is 11.4 Å². The summed E-state index contributed by atoms with van der Waals surface area (Å²) < 4.78 is 0. The van der Waals surface area contributed by atoms with Gasteiger partial charge in [0, 0.05) is 23.3 Å². The number of amides is 1. The third-order valence-electron chi connectivity index (χ3n) is 6.14. The zero-order valence-electron chi connectivity index (χ0n) is 18.1. The first-order valence-electron chi connectivity index (χ1n) is 10.6. The molecule has 154 valence electrons. The van der Waals surface area contributed by atoms with Gasteiger partial charge in [-0.3, -0.25) is 4.79 Å². The van der Waals surface area contributed by atoms with Gasteiger partial charge in [-0.1, -0.05) is 49.4 Å². The molecule has 1 heterocycles. The van der Waals surface area contributed by atoms with Crippen LogP contribution in [-0.4, -0.2) is 24.2 Å². The molecule has 0 bridgehead atoms. The third kappa shape index (κ3) is 3.70. The minimum Gasteiger partial charge on any atom is -0.366 e. The van der Waals surface area contributed by atoms with E-state index >= 15 is 0 Å². The maximum atomic E-state index is 12.7. The van der Waals surface area contributed by atoms with Gasteiger partial charge in [0.25, 0.3) is 5.91 Å². The number of hydrazone groups is 1. The van der Waals surface area contributed by atoms with Crippen LogP contribution in [0, 0.1) is 0 Å². The van der Waals surface area contributed by atoms with Crippen LogP contribution in [0.4, 0.5) is 5.69 Å². The molecule has 1 aliphatic rings. The lowest BCUT2D eigenvalue weighted by Gasteiger charge is -2.47. The first kappa shape index (κ1) is 20.1. The summed E-state index contributed by atoms with van der Waals surface area (Å²) in [4.78, 5) is 15.1. The molecule has 0 saturated carbocycles. The molecule has 3 aromatic carbocycles. The Morgan fingerprint density at radius 1 is 1.17 bits per heavy atom. The standard InChI is InChI=1S/C26H29N3O/c1-5-29-24-14-13-19(15-23(24)18(2)16-26(29,3)4)17-27-28-25(30)22-12-8-10-20-9-6-7-11-21(20)22/h6-15,17-18H,5,16H2,1-4H3,(H,28,30)/b27-17+. The molecule has 0 aliphatic carbocycles. The van der Waals surface area contributed by atoms with Crippen molar-refractivity contribution in [1.29, 1.82) is 0 Å². The largest absolute Gasteiger partial charge is 0.366 e. The number of anilines is 1. The van der Waals surface area contributed by atoms with Gasteiger partial charge in [-0.2, -0.15) is 5.10 Å². The Morgan fingerprint density at radius 3 is 2.73 bits per heavy atom. The van der Waals surface area contributed by atoms with Gasteiger partial charge in [0.15, 0.2) is 0 Å². The summed E-state index contributed by atoms with van der Waals surface area (Å²) in [5.74, 6) is 0.282. The molecule has 0 aromatic heterocycles. The first-order chi connectivity index (χ1) is 14.4. The van der Waals surface area contributed by atoms with Crippen molar-refractivity contribution in [2.24, 2.45) is 5.10 Å². The summed E-state index contributed by atoms with van der Waals surface area (Å²) in [6.45, 7) is 10.1. The number of hydrogen-bond acceptors (Lipinski definition) is 3. The Labute approximate surface area is 178 Å². The molecular weight excluding hydrogens is 370 g/mol. The summed E-state index contributed by atoms with van der Waals surface area (Å²) in [5.41, 5.74) is 7.12. The van der Waals surface area contributed by atoms with Crippen molar-refractivity contribution >= 4 is 28.6 Å². The number of carbonyl (C=O) groups excluding carboxylic acids is 1. The molecule has 30 heavy (non-hydrogen) atoms. The van der Waals surface area contributed by atoms with Gasteiger partial charge in [-0.25, -0.2) is 5.43 Å². The van der Waals surface area contributed by atoms with Crippen LogP contribution in [0.1, 0.15) is 61.5 Å². The maximum Gasteiger partial charge on any atom is 0.271 e. The normalized spacial score (nSPS) is 17.9. The van der Waals surface area contributed by atoms with Crippen molar-refractivity contribution in [2.45, 2.75) is 45.6 Å². The van der Waals surface area contributed by atoms with Crippen molar-refractivity contribution in [2.75, 3.05) is 11.4 Å². The van der Waals surface area contributed by atoms with E-state index in [1.54, 1.807) is 6.21 Å². The SMILES string of the molecule is CCN1c2ccc(/C=N/NC(=O)c3cccc4ccccc34)cc2C(C)CC1(C)C. The Bertz CT molecular complexity index is 1110. The van der Waals surface area contributed by atoms with Crippen molar-refractivity contribution < 1.29 is 4.79 Å². The Hall–Kier alpha value is -3.14. The van der Waals surface area contributed by atoms with Crippen LogP contribution in [0.15, 0.2) is 65.8 Å². The van der Waals surface area contributed by atoms with Crippen molar-refractivity contribution in [3.63, 3.8) is 0 Å². The summed E-state index contributed by atoms with van der Waals surface area (Å²) in [6, 6.07) is 20.1. The predicted octanol–water partition coefficient (Wildman–Crippen LogP) is 5.72. The summed E-state index contributed by atoms with van der Waals surface area (Å²) in [5, 5.41) is 6.20. The maximum absolute atomic E-state index is 12.7. The van der Waals surface area contributed by atoms with E-state index in [0.717, 1.165) is 29.3 Å². The van der Waals surface area contributed by atoms with Gasteiger partial charge in [0.2, 0.25) is 0 Å². The van der Waals surface area contributed by atoms with Crippen LogP contribution in [0.5, 0.6) is 0 Å². The Morgan fingerprint density at radius 2 is 1.93 bits per heavy atom.